The maximum atomic E-state index is 14.4. The van der Waals surface area contributed by atoms with Gasteiger partial charge in [0.1, 0.15) is 12.3 Å². The third-order valence-corrected chi connectivity index (χ3v) is 11.9. The maximum Gasteiger partial charge on any atom is 0.225 e. The number of hydrogen-bond acceptors (Lipinski definition) is 7. The molecule has 3 aliphatic carbocycles. The third kappa shape index (κ3) is 12.8. The minimum atomic E-state index is -3.69. The Morgan fingerprint density at radius 2 is 1.44 bits per heavy atom. The second kappa shape index (κ2) is 19.5. The van der Waals surface area contributed by atoms with Crippen molar-refractivity contribution in [2.45, 2.75) is 135 Å². The highest BCUT2D eigenvalue weighted by Gasteiger charge is 2.41. The van der Waals surface area contributed by atoms with Crippen LogP contribution in [0.5, 0.6) is 0 Å². The van der Waals surface area contributed by atoms with Gasteiger partial charge in [-0.1, -0.05) is 40.0 Å². The molecular formula is C34H61F2N5O6S. The van der Waals surface area contributed by atoms with Gasteiger partial charge in [0, 0.05) is 50.4 Å². The summed E-state index contributed by atoms with van der Waals surface area (Å²) in [6, 6.07) is -0.948. The molecule has 0 aromatic carbocycles. The molecule has 278 valence electrons. The van der Waals surface area contributed by atoms with E-state index in [1.54, 1.807) is 11.8 Å². The molecule has 11 nitrogen and oxygen atoms in total. The molecule has 48 heavy (non-hydrogen) atoms. The van der Waals surface area contributed by atoms with E-state index in [9.17, 15) is 36.7 Å². The zero-order chi connectivity index (χ0) is 35.4. The number of likely N-dealkylation sites (N-methyl/N-ethyl adjacent to an activating group) is 1. The first-order valence-corrected chi connectivity index (χ1v) is 20.0. The minimum absolute atomic E-state index is 0.00581. The lowest BCUT2D eigenvalue weighted by atomic mass is 9.73. The number of aliphatic hydroxyl groups excluding tert-OH is 1. The van der Waals surface area contributed by atoms with Crippen LogP contribution < -0.4 is 15.9 Å². The van der Waals surface area contributed by atoms with Crippen LogP contribution in [0.25, 0.3) is 0 Å². The number of nitrogens with one attached hydrogen (secondary N) is 2. The van der Waals surface area contributed by atoms with Crippen LogP contribution in [-0.4, -0.2) is 97.6 Å². The summed E-state index contributed by atoms with van der Waals surface area (Å²) in [4.78, 5) is 44.1. The molecule has 3 amide bonds. The summed E-state index contributed by atoms with van der Waals surface area (Å²) in [6.45, 7) is 6.93. The topological polar surface area (TPSA) is 162 Å². The van der Waals surface area contributed by atoms with Crippen molar-refractivity contribution in [2.75, 3.05) is 31.9 Å². The molecule has 14 heteroatoms. The number of hydrazine groups is 1. The molecule has 3 aliphatic rings. The molecular weight excluding hydrogens is 644 g/mol. The van der Waals surface area contributed by atoms with Crippen molar-refractivity contribution in [3.05, 3.63) is 0 Å². The summed E-state index contributed by atoms with van der Waals surface area (Å²) in [5, 5.41) is 15.8. The van der Waals surface area contributed by atoms with Crippen molar-refractivity contribution in [2.24, 2.45) is 35.3 Å². The van der Waals surface area contributed by atoms with Gasteiger partial charge in [-0.25, -0.2) is 22.2 Å². The largest absolute Gasteiger partial charge is 0.390 e. The van der Waals surface area contributed by atoms with E-state index in [1.165, 1.54) is 5.01 Å². The predicted octanol–water partition coefficient (Wildman–Crippen LogP) is 3.60. The molecule has 7 unspecified atom stereocenters. The first kappa shape index (κ1) is 40.5. The van der Waals surface area contributed by atoms with Crippen molar-refractivity contribution >= 4 is 27.7 Å². The summed E-state index contributed by atoms with van der Waals surface area (Å²) in [7, 11) is -3.69. The van der Waals surface area contributed by atoms with Gasteiger partial charge in [-0.2, -0.15) is 0 Å². The van der Waals surface area contributed by atoms with Crippen molar-refractivity contribution in [1.29, 1.82) is 0 Å². The minimum Gasteiger partial charge on any atom is -0.390 e. The van der Waals surface area contributed by atoms with E-state index in [1.807, 2.05) is 13.8 Å². The van der Waals surface area contributed by atoms with Gasteiger partial charge in [-0.3, -0.25) is 14.4 Å². The van der Waals surface area contributed by atoms with Crippen LogP contribution >= 0.6 is 0 Å². The molecule has 0 bridgehead atoms. The van der Waals surface area contributed by atoms with Crippen molar-refractivity contribution in [1.82, 2.24) is 20.1 Å². The first-order chi connectivity index (χ1) is 22.7. The number of alkyl halides is 2. The number of aliphatic hydroxyl groups is 1. The quantitative estimate of drug-likeness (QED) is 0.159. The van der Waals surface area contributed by atoms with Crippen molar-refractivity contribution in [3.63, 3.8) is 0 Å². The molecule has 3 fully saturated rings. The molecule has 0 aromatic rings. The van der Waals surface area contributed by atoms with Crippen LogP contribution in [0.2, 0.25) is 0 Å². The molecule has 0 aliphatic heterocycles. The summed E-state index contributed by atoms with van der Waals surface area (Å²) >= 11 is 0. The second-order valence-electron chi connectivity index (χ2n) is 14.6. The third-order valence-electron chi connectivity index (χ3n) is 10.4. The highest BCUT2D eigenvalue weighted by molar-refractivity contribution is 7.89. The van der Waals surface area contributed by atoms with Gasteiger partial charge < -0.3 is 21.1 Å². The van der Waals surface area contributed by atoms with Gasteiger partial charge in [-0.15, -0.1) is 4.83 Å². The van der Waals surface area contributed by atoms with E-state index < -0.39 is 70.0 Å². The molecule has 5 N–H and O–H groups in total. The zero-order valence-electron chi connectivity index (χ0n) is 29.3. The first-order valence-electron chi connectivity index (χ1n) is 18.3. The Labute approximate surface area is 286 Å². The Morgan fingerprint density at radius 3 is 2.00 bits per heavy atom. The van der Waals surface area contributed by atoms with Crippen LogP contribution in [0, 0.1) is 29.6 Å². The van der Waals surface area contributed by atoms with E-state index in [0.717, 1.165) is 44.9 Å². The maximum absolute atomic E-state index is 14.4. The van der Waals surface area contributed by atoms with E-state index in [4.69, 9.17) is 5.73 Å². The Bertz CT molecular complexity index is 1130. The normalized spacial score (nSPS) is 28.5. The Morgan fingerprint density at radius 1 is 0.854 bits per heavy atom. The van der Waals surface area contributed by atoms with E-state index in [0.29, 0.717) is 13.1 Å². The summed E-state index contributed by atoms with van der Waals surface area (Å²) in [5.74, 6) is -3.52. The number of sulfonamides is 1. The molecule has 3 saturated carbocycles. The molecule has 0 radical (unpaired) electrons. The van der Waals surface area contributed by atoms with E-state index >= 15 is 0 Å². The average molecular weight is 706 g/mol. The Balaban J connectivity index is 1.77. The van der Waals surface area contributed by atoms with Crippen LogP contribution in [-0.2, 0) is 24.4 Å². The summed E-state index contributed by atoms with van der Waals surface area (Å²) in [6.07, 6.45) is 3.17. The average Bonchev–Trinajstić information content (AvgIpc) is 3.03. The van der Waals surface area contributed by atoms with Crippen LogP contribution in [0.3, 0.4) is 0 Å². The SMILES string of the molecule is CCCN(CCC)C(=O)C1CC(C(N)=O)CC(C(=O)NC(CC2CC(F)CC(F)C2)C(O)CN(CC)NS(=O)(=O)CC2CCCCC2)C1. The second-order valence-corrected chi connectivity index (χ2v) is 16.4. The number of carbonyl (C=O) groups excluding carboxylic acids is 3. The van der Waals surface area contributed by atoms with Gasteiger partial charge in [0.15, 0.2) is 0 Å². The van der Waals surface area contributed by atoms with Crippen LogP contribution in [0.1, 0.15) is 111 Å². The molecule has 0 heterocycles. The molecule has 7 atom stereocenters. The molecule has 0 spiro atoms. The van der Waals surface area contributed by atoms with E-state index in [2.05, 4.69) is 10.1 Å². The smallest absolute Gasteiger partial charge is 0.225 e. The Hall–Kier alpha value is -1.90. The fraction of sp³-hybridized carbons (Fsp3) is 0.912. The van der Waals surface area contributed by atoms with Gasteiger partial charge >= 0.3 is 0 Å². The van der Waals surface area contributed by atoms with Gasteiger partial charge in [0.05, 0.1) is 17.9 Å². The molecule has 0 aromatic heterocycles. The number of nitrogens with two attached hydrogens (primary N) is 1. The Kier molecular flexibility index (Phi) is 16.4. The lowest BCUT2D eigenvalue weighted by Gasteiger charge is -2.37. The summed E-state index contributed by atoms with van der Waals surface area (Å²) in [5.41, 5.74) is 5.70. The standard InChI is InChI=1S/C34H61F2N5O6S/c1-4-12-40(13-5-2)34(45)27-18-25(32(37)43)17-26(19-27)33(44)38-30(16-24-14-28(35)20-29(36)15-24)31(42)21-41(6-3)39-48(46,47)22-23-10-8-7-9-11-23/h23-31,39,42H,4-22H2,1-3H3,(H2,37,43)(H,38,44). The number of nitrogens with zero attached hydrogens (tertiary/aromatic N) is 2. The highest BCUT2D eigenvalue weighted by Crippen LogP contribution is 2.36. The van der Waals surface area contributed by atoms with Crippen LogP contribution in [0.15, 0.2) is 0 Å². The van der Waals surface area contributed by atoms with Crippen molar-refractivity contribution < 1.29 is 36.7 Å². The number of halogens is 2. The number of primary amides is 1. The number of carbonyl (C=O) groups is 3. The van der Waals surface area contributed by atoms with Crippen molar-refractivity contribution in [3.8, 4) is 0 Å². The number of hydrogen-bond donors (Lipinski definition) is 4. The van der Waals surface area contributed by atoms with Gasteiger partial charge in [0.2, 0.25) is 27.7 Å². The van der Waals surface area contributed by atoms with E-state index in [-0.39, 0.29) is 75.6 Å². The monoisotopic (exact) mass is 705 g/mol. The molecule has 3 rings (SSSR count). The lowest BCUT2D eigenvalue weighted by Crippen LogP contribution is -2.55. The summed E-state index contributed by atoms with van der Waals surface area (Å²) < 4.78 is 54.9. The fourth-order valence-electron chi connectivity index (χ4n) is 8.03. The fourth-order valence-corrected chi connectivity index (χ4v) is 9.66. The van der Waals surface area contributed by atoms with Gasteiger partial charge in [-0.05, 0) is 76.0 Å². The highest BCUT2D eigenvalue weighted by atomic mass is 32.2. The van der Waals surface area contributed by atoms with Gasteiger partial charge in [0.25, 0.3) is 0 Å². The number of rotatable bonds is 18. The lowest BCUT2D eigenvalue weighted by molar-refractivity contribution is -0.141. The van der Waals surface area contributed by atoms with Crippen LogP contribution in [0.4, 0.5) is 8.78 Å². The number of amides is 3. The predicted molar refractivity (Wildman–Crippen MR) is 181 cm³/mol. The molecule has 0 saturated heterocycles. The zero-order valence-corrected chi connectivity index (χ0v) is 30.1.